The Morgan fingerprint density at radius 2 is 2.21 bits per heavy atom. The number of aromatic nitrogens is 2. The fraction of sp³-hybridized carbons (Fsp3) is 0. The van der Waals surface area contributed by atoms with Crippen molar-refractivity contribution in [3.05, 3.63) is 45.3 Å². The van der Waals surface area contributed by atoms with E-state index in [-0.39, 0.29) is 10.0 Å². The van der Waals surface area contributed by atoms with Crippen molar-refractivity contribution in [2.75, 3.05) is 5.32 Å². The number of hydrogen-bond acceptors (Lipinski definition) is 4. The quantitative estimate of drug-likeness (QED) is 0.820. The topological polar surface area (TPSA) is 63.8 Å². The van der Waals surface area contributed by atoms with Crippen LogP contribution in [0.25, 0.3) is 0 Å². The lowest BCUT2D eigenvalue weighted by Crippen LogP contribution is -2.13. The van der Waals surface area contributed by atoms with Crippen LogP contribution in [0.15, 0.2) is 28.9 Å². The minimum Gasteiger partial charge on any atom is -0.389 e. The molecule has 0 aliphatic carbocycles. The SMILES string of the molecule is NC(=S)c1ccnnc1Nc1c(Cl)cc(F)cc1Br. The molecule has 2 aromatic rings. The second kappa shape index (κ2) is 5.77. The second-order valence-corrected chi connectivity index (χ2v) is 5.23. The molecule has 0 spiro atoms. The summed E-state index contributed by atoms with van der Waals surface area (Å²) in [6.07, 6.45) is 1.47. The fourth-order valence-electron chi connectivity index (χ4n) is 1.40. The normalized spacial score (nSPS) is 10.3. The number of benzene rings is 1. The van der Waals surface area contributed by atoms with Crippen LogP contribution in [0.4, 0.5) is 15.9 Å². The van der Waals surface area contributed by atoms with Gasteiger partial charge in [-0.05, 0) is 34.1 Å². The van der Waals surface area contributed by atoms with Crippen LogP contribution in [-0.4, -0.2) is 15.2 Å². The van der Waals surface area contributed by atoms with Crippen LogP contribution in [0.1, 0.15) is 5.56 Å². The van der Waals surface area contributed by atoms with E-state index in [4.69, 9.17) is 29.6 Å². The van der Waals surface area contributed by atoms with E-state index in [0.717, 1.165) is 0 Å². The zero-order valence-electron chi connectivity index (χ0n) is 9.32. The van der Waals surface area contributed by atoms with Gasteiger partial charge in [0.05, 0.1) is 22.5 Å². The molecule has 2 rings (SSSR count). The minimum atomic E-state index is -0.448. The number of nitrogens with two attached hydrogens (primary N) is 1. The van der Waals surface area contributed by atoms with Gasteiger partial charge in [-0.3, -0.25) is 0 Å². The minimum absolute atomic E-state index is 0.173. The lowest BCUT2D eigenvalue weighted by molar-refractivity contribution is 0.627. The molecule has 4 nitrogen and oxygen atoms in total. The molecular formula is C11H7BrClFN4S. The molecule has 8 heteroatoms. The second-order valence-electron chi connectivity index (χ2n) is 3.53. The van der Waals surface area contributed by atoms with Crippen LogP contribution in [0, 0.1) is 5.82 Å². The molecule has 1 heterocycles. The van der Waals surface area contributed by atoms with Crippen molar-refractivity contribution in [2.24, 2.45) is 5.73 Å². The molecule has 0 saturated carbocycles. The summed E-state index contributed by atoms with van der Waals surface area (Å²) in [5, 5.41) is 10.8. The van der Waals surface area contributed by atoms with Gasteiger partial charge in [-0.2, -0.15) is 5.10 Å². The number of rotatable bonds is 3. The number of halogens is 3. The van der Waals surface area contributed by atoms with E-state index in [2.05, 4.69) is 31.4 Å². The van der Waals surface area contributed by atoms with Crippen molar-refractivity contribution >= 4 is 56.2 Å². The third-order valence-corrected chi connectivity index (χ3v) is 3.38. The van der Waals surface area contributed by atoms with Gasteiger partial charge in [-0.25, -0.2) is 4.39 Å². The van der Waals surface area contributed by atoms with Gasteiger partial charge in [0, 0.05) is 4.47 Å². The summed E-state index contributed by atoms with van der Waals surface area (Å²) in [6.45, 7) is 0. The summed E-state index contributed by atoms with van der Waals surface area (Å²) in [5.74, 6) is -0.0969. The van der Waals surface area contributed by atoms with E-state index in [0.29, 0.717) is 21.5 Å². The molecule has 3 N–H and O–H groups in total. The standard InChI is InChI=1S/C11H7BrClFN4S/c12-7-3-5(14)4-8(13)9(7)17-11-6(10(15)19)1-2-16-18-11/h1-4H,(H2,15,19)(H,17,18). The lowest BCUT2D eigenvalue weighted by Gasteiger charge is -2.12. The average Bonchev–Trinajstić information content (AvgIpc) is 2.34. The van der Waals surface area contributed by atoms with Crippen molar-refractivity contribution in [2.45, 2.75) is 0 Å². The Labute approximate surface area is 127 Å². The van der Waals surface area contributed by atoms with Gasteiger partial charge in [-0.1, -0.05) is 23.8 Å². The molecule has 0 amide bonds. The van der Waals surface area contributed by atoms with Crippen LogP contribution in [0.2, 0.25) is 5.02 Å². The van der Waals surface area contributed by atoms with Gasteiger partial charge in [0.15, 0.2) is 5.82 Å². The largest absolute Gasteiger partial charge is 0.389 e. The maximum atomic E-state index is 13.1. The van der Waals surface area contributed by atoms with E-state index in [1.165, 1.54) is 18.3 Å². The van der Waals surface area contributed by atoms with Gasteiger partial charge >= 0.3 is 0 Å². The van der Waals surface area contributed by atoms with Gasteiger partial charge in [0.1, 0.15) is 10.8 Å². The van der Waals surface area contributed by atoms with Crippen LogP contribution in [-0.2, 0) is 0 Å². The van der Waals surface area contributed by atoms with Crippen LogP contribution in [0.5, 0.6) is 0 Å². The molecular weight excluding hydrogens is 355 g/mol. The highest BCUT2D eigenvalue weighted by atomic mass is 79.9. The molecule has 0 aliphatic rings. The molecule has 0 unspecified atom stereocenters. The number of hydrogen-bond donors (Lipinski definition) is 2. The van der Waals surface area contributed by atoms with Crippen LogP contribution < -0.4 is 11.1 Å². The molecule has 0 saturated heterocycles. The van der Waals surface area contributed by atoms with Crippen molar-refractivity contribution in [1.29, 1.82) is 0 Å². The molecule has 1 aromatic carbocycles. The number of thiocarbonyl (C=S) groups is 1. The highest BCUT2D eigenvalue weighted by Gasteiger charge is 2.12. The van der Waals surface area contributed by atoms with Gasteiger partial charge in [-0.15, -0.1) is 5.10 Å². The monoisotopic (exact) mass is 360 g/mol. The van der Waals surface area contributed by atoms with Crippen LogP contribution >= 0.6 is 39.7 Å². The number of nitrogens with one attached hydrogen (secondary N) is 1. The third-order valence-electron chi connectivity index (χ3n) is 2.24. The van der Waals surface area contributed by atoms with Gasteiger partial charge in [0.2, 0.25) is 0 Å². The third kappa shape index (κ3) is 3.17. The zero-order valence-corrected chi connectivity index (χ0v) is 12.5. The zero-order chi connectivity index (χ0) is 14.0. The van der Waals surface area contributed by atoms with E-state index in [1.54, 1.807) is 6.07 Å². The first-order chi connectivity index (χ1) is 8.99. The van der Waals surface area contributed by atoms with Gasteiger partial charge < -0.3 is 11.1 Å². The van der Waals surface area contributed by atoms with E-state index in [1.807, 2.05) is 0 Å². The summed E-state index contributed by atoms with van der Waals surface area (Å²) in [5.41, 5.74) is 6.57. The van der Waals surface area contributed by atoms with Crippen LogP contribution in [0.3, 0.4) is 0 Å². The Balaban J connectivity index is 2.45. The molecule has 19 heavy (non-hydrogen) atoms. The fourth-order valence-corrected chi connectivity index (χ4v) is 2.47. The summed E-state index contributed by atoms with van der Waals surface area (Å²) >= 11 is 14.1. The molecule has 0 bridgehead atoms. The first kappa shape index (κ1) is 14.1. The first-order valence-corrected chi connectivity index (χ1v) is 6.60. The maximum Gasteiger partial charge on any atom is 0.163 e. The predicted octanol–water partition coefficient (Wildman–Crippen LogP) is 3.41. The molecule has 0 aliphatic heterocycles. The van der Waals surface area contributed by atoms with Gasteiger partial charge in [0.25, 0.3) is 0 Å². The maximum absolute atomic E-state index is 13.1. The lowest BCUT2D eigenvalue weighted by atomic mass is 10.2. The first-order valence-electron chi connectivity index (χ1n) is 5.02. The van der Waals surface area contributed by atoms with E-state index >= 15 is 0 Å². The Bertz CT molecular complexity index is 629. The van der Waals surface area contributed by atoms with E-state index in [9.17, 15) is 4.39 Å². The number of nitrogens with zero attached hydrogens (tertiary/aromatic N) is 2. The Morgan fingerprint density at radius 1 is 1.47 bits per heavy atom. The summed E-state index contributed by atoms with van der Waals surface area (Å²) in [6, 6.07) is 4.10. The average molecular weight is 362 g/mol. The van der Waals surface area contributed by atoms with Crippen molar-refractivity contribution < 1.29 is 4.39 Å². The predicted molar refractivity (Wildman–Crippen MR) is 80.3 cm³/mol. The number of anilines is 2. The van der Waals surface area contributed by atoms with Crippen molar-refractivity contribution in [3.8, 4) is 0 Å². The van der Waals surface area contributed by atoms with Crippen molar-refractivity contribution in [3.63, 3.8) is 0 Å². The summed E-state index contributed by atoms with van der Waals surface area (Å²) < 4.78 is 13.6. The highest BCUT2D eigenvalue weighted by Crippen LogP contribution is 2.34. The molecule has 0 fully saturated rings. The highest BCUT2D eigenvalue weighted by molar-refractivity contribution is 9.10. The summed E-state index contributed by atoms with van der Waals surface area (Å²) in [4.78, 5) is 0.173. The van der Waals surface area contributed by atoms with Crippen molar-refractivity contribution in [1.82, 2.24) is 10.2 Å². The smallest absolute Gasteiger partial charge is 0.163 e. The Hall–Kier alpha value is -1.31. The Morgan fingerprint density at radius 3 is 2.84 bits per heavy atom. The summed E-state index contributed by atoms with van der Waals surface area (Å²) in [7, 11) is 0. The molecule has 98 valence electrons. The Kier molecular flexibility index (Phi) is 4.28. The van der Waals surface area contributed by atoms with E-state index < -0.39 is 5.82 Å². The molecule has 0 atom stereocenters. The molecule has 0 radical (unpaired) electrons. The molecule has 1 aromatic heterocycles.